The molecule has 0 fully saturated rings. The molecule has 0 unspecified atom stereocenters. The third kappa shape index (κ3) is 6.90. The number of carbonyl (C=O) groups is 2. The Kier molecular flexibility index (Phi) is 8.12. The van der Waals surface area contributed by atoms with E-state index in [2.05, 4.69) is 10.6 Å². The van der Waals surface area contributed by atoms with Crippen LogP contribution in [-0.4, -0.2) is 38.4 Å². The van der Waals surface area contributed by atoms with Gasteiger partial charge in [-0.05, 0) is 37.2 Å². The van der Waals surface area contributed by atoms with Crippen molar-refractivity contribution in [1.82, 2.24) is 10.6 Å². The van der Waals surface area contributed by atoms with Gasteiger partial charge in [0.2, 0.25) is 5.91 Å². The molecule has 1 aromatic rings. The summed E-state index contributed by atoms with van der Waals surface area (Å²) in [6.45, 7) is 4.31. The minimum Gasteiger partial charge on any atom is -0.497 e. The summed E-state index contributed by atoms with van der Waals surface area (Å²) >= 11 is 0. The second kappa shape index (κ2) is 9.94. The van der Waals surface area contributed by atoms with Gasteiger partial charge >= 0.3 is 0 Å². The number of ether oxygens (including phenoxy) is 1. The fourth-order valence-corrected chi connectivity index (χ4v) is 1.89. The van der Waals surface area contributed by atoms with Gasteiger partial charge in [-0.25, -0.2) is 0 Å². The van der Waals surface area contributed by atoms with Crippen LogP contribution in [0.15, 0.2) is 24.3 Å². The summed E-state index contributed by atoms with van der Waals surface area (Å²) < 4.78 is 5.05. The molecule has 5 nitrogen and oxygen atoms in total. The predicted octanol–water partition coefficient (Wildman–Crippen LogP) is 1.77. The lowest BCUT2D eigenvalue weighted by Gasteiger charge is -2.06. The number of hydrogen-bond acceptors (Lipinski definition) is 4. The molecule has 0 atom stereocenters. The summed E-state index contributed by atoms with van der Waals surface area (Å²) in [7, 11) is 1.59. The summed E-state index contributed by atoms with van der Waals surface area (Å²) in [6.07, 6.45) is 1.33. The minimum atomic E-state index is -0.00423. The number of likely N-dealkylation sites (N-methyl/N-ethyl adjacent to an activating group) is 1. The average Bonchev–Trinajstić information content (AvgIpc) is 2.51. The predicted molar refractivity (Wildman–Crippen MR) is 82.7 cm³/mol. The molecule has 0 saturated heterocycles. The van der Waals surface area contributed by atoms with Crippen LogP contribution in [-0.2, 0) is 4.79 Å². The molecule has 1 rings (SSSR count). The molecule has 0 spiro atoms. The van der Waals surface area contributed by atoms with Gasteiger partial charge in [-0.15, -0.1) is 0 Å². The molecule has 0 aliphatic rings. The molecule has 5 heteroatoms. The number of ketones is 1. The van der Waals surface area contributed by atoms with E-state index in [1.807, 2.05) is 6.92 Å². The van der Waals surface area contributed by atoms with Crippen molar-refractivity contribution in [3.05, 3.63) is 29.8 Å². The Bertz CT molecular complexity index is 443. The Morgan fingerprint density at radius 2 is 1.81 bits per heavy atom. The van der Waals surface area contributed by atoms with Crippen molar-refractivity contribution in [1.29, 1.82) is 0 Å². The molecule has 0 radical (unpaired) electrons. The van der Waals surface area contributed by atoms with Crippen LogP contribution in [0.3, 0.4) is 0 Å². The largest absolute Gasteiger partial charge is 0.497 e. The Hall–Kier alpha value is -1.88. The lowest BCUT2D eigenvalue weighted by molar-refractivity contribution is -0.121. The van der Waals surface area contributed by atoms with E-state index in [1.165, 1.54) is 0 Å². The highest BCUT2D eigenvalue weighted by Crippen LogP contribution is 2.13. The topological polar surface area (TPSA) is 67.4 Å². The fourth-order valence-electron chi connectivity index (χ4n) is 1.89. The van der Waals surface area contributed by atoms with Crippen molar-refractivity contribution in [2.45, 2.75) is 26.2 Å². The number of hydrogen-bond donors (Lipinski definition) is 2. The standard InChI is InChI=1S/C16H24N2O3/c1-3-17-11-12-18-16(20)6-4-5-15(19)13-7-9-14(21-2)10-8-13/h7-10,17H,3-6,11-12H2,1-2H3,(H,18,20). The number of carbonyl (C=O) groups excluding carboxylic acids is 2. The molecule has 0 aromatic heterocycles. The molecule has 2 N–H and O–H groups in total. The number of amides is 1. The first-order valence-corrected chi connectivity index (χ1v) is 7.32. The molecule has 116 valence electrons. The van der Waals surface area contributed by atoms with Gasteiger partial charge < -0.3 is 15.4 Å². The van der Waals surface area contributed by atoms with Gasteiger partial charge in [0.05, 0.1) is 7.11 Å². The number of nitrogens with one attached hydrogen (secondary N) is 2. The Morgan fingerprint density at radius 3 is 2.43 bits per heavy atom. The SMILES string of the molecule is CCNCCNC(=O)CCCC(=O)c1ccc(OC)cc1. The van der Waals surface area contributed by atoms with Gasteiger partial charge in [0.15, 0.2) is 5.78 Å². The second-order valence-corrected chi connectivity index (χ2v) is 4.71. The number of rotatable bonds is 10. The zero-order valence-electron chi connectivity index (χ0n) is 12.8. The van der Waals surface area contributed by atoms with Gasteiger partial charge in [0.1, 0.15) is 5.75 Å². The van der Waals surface area contributed by atoms with E-state index in [-0.39, 0.29) is 11.7 Å². The van der Waals surface area contributed by atoms with E-state index < -0.39 is 0 Å². The van der Waals surface area contributed by atoms with Crippen LogP contribution in [0.5, 0.6) is 5.75 Å². The van der Waals surface area contributed by atoms with Crippen molar-refractivity contribution in [2.24, 2.45) is 0 Å². The van der Waals surface area contributed by atoms with Gasteiger partial charge in [-0.1, -0.05) is 6.92 Å². The highest BCUT2D eigenvalue weighted by Gasteiger charge is 2.07. The van der Waals surface area contributed by atoms with Gasteiger partial charge in [-0.2, -0.15) is 0 Å². The molecule has 1 aromatic carbocycles. The molecule has 0 bridgehead atoms. The Morgan fingerprint density at radius 1 is 1.10 bits per heavy atom. The van der Waals surface area contributed by atoms with Crippen molar-refractivity contribution in [3.8, 4) is 5.75 Å². The summed E-state index contributed by atoms with van der Waals surface area (Å²) in [5.74, 6) is 0.778. The highest BCUT2D eigenvalue weighted by atomic mass is 16.5. The van der Waals surface area contributed by atoms with E-state index in [0.717, 1.165) is 18.8 Å². The lowest BCUT2D eigenvalue weighted by Crippen LogP contribution is -2.31. The van der Waals surface area contributed by atoms with Gasteiger partial charge in [-0.3, -0.25) is 9.59 Å². The van der Waals surface area contributed by atoms with E-state index in [1.54, 1.807) is 31.4 Å². The van der Waals surface area contributed by atoms with E-state index in [9.17, 15) is 9.59 Å². The average molecular weight is 292 g/mol. The third-order valence-electron chi connectivity index (χ3n) is 3.09. The van der Waals surface area contributed by atoms with Crippen LogP contribution in [0.2, 0.25) is 0 Å². The van der Waals surface area contributed by atoms with E-state index in [4.69, 9.17) is 4.74 Å². The summed E-state index contributed by atoms with van der Waals surface area (Å²) in [6, 6.07) is 7.02. The smallest absolute Gasteiger partial charge is 0.220 e. The Balaban J connectivity index is 2.21. The lowest BCUT2D eigenvalue weighted by atomic mass is 10.1. The zero-order chi connectivity index (χ0) is 15.5. The molecular weight excluding hydrogens is 268 g/mol. The van der Waals surface area contributed by atoms with Crippen molar-refractivity contribution >= 4 is 11.7 Å². The molecule has 0 heterocycles. The van der Waals surface area contributed by atoms with E-state index >= 15 is 0 Å². The second-order valence-electron chi connectivity index (χ2n) is 4.71. The molecular formula is C16H24N2O3. The van der Waals surface area contributed by atoms with Gasteiger partial charge in [0.25, 0.3) is 0 Å². The van der Waals surface area contributed by atoms with Crippen LogP contribution >= 0.6 is 0 Å². The molecule has 0 aliphatic carbocycles. The van der Waals surface area contributed by atoms with Crippen molar-refractivity contribution in [3.63, 3.8) is 0 Å². The van der Waals surface area contributed by atoms with Crippen LogP contribution in [0.25, 0.3) is 0 Å². The van der Waals surface area contributed by atoms with Crippen molar-refractivity contribution < 1.29 is 14.3 Å². The third-order valence-corrected chi connectivity index (χ3v) is 3.09. The van der Waals surface area contributed by atoms with Crippen LogP contribution < -0.4 is 15.4 Å². The highest BCUT2D eigenvalue weighted by molar-refractivity contribution is 5.96. The number of methoxy groups -OCH3 is 1. The fraction of sp³-hybridized carbons (Fsp3) is 0.500. The Labute approximate surface area is 126 Å². The number of benzene rings is 1. The quantitative estimate of drug-likeness (QED) is 0.509. The molecule has 21 heavy (non-hydrogen) atoms. The van der Waals surface area contributed by atoms with Crippen LogP contribution in [0, 0.1) is 0 Å². The monoisotopic (exact) mass is 292 g/mol. The van der Waals surface area contributed by atoms with Crippen LogP contribution in [0.4, 0.5) is 0 Å². The first kappa shape index (κ1) is 17.2. The van der Waals surface area contributed by atoms with Crippen LogP contribution in [0.1, 0.15) is 36.5 Å². The summed E-state index contributed by atoms with van der Waals surface area (Å²) in [4.78, 5) is 23.5. The first-order chi connectivity index (χ1) is 10.2. The maximum Gasteiger partial charge on any atom is 0.220 e. The number of Topliss-reactive ketones (excluding diaryl/α,β-unsaturated/α-hetero) is 1. The zero-order valence-corrected chi connectivity index (χ0v) is 12.8. The molecule has 1 amide bonds. The molecule has 0 aliphatic heterocycles. The van der Waals surface area contributed by atoms with E-state index in [0.29, 0.717) is 31.4 Å². The van der Waals surface area contributed by atoms with Gasteiger partial charge in [0, 0.05) is 31.5 Å². The summed E-state index contributed by atoms with van der Waals surface area (Å²) in [5, 5.41) is 5.95. The molecule has 0 saturated carbocycles. The first-order valence-electron chi connectivity index (χ1n) is 7.32. The minimum absolute atomic E-state index is 0.00423. The normalized spacial score (nSPS) is 10.2. The van der Waals surface area contributed by atoms with Crippen molar-refractivity contribution in [2.75, 3.05) is 26.7 Å². The maximum absolute atomic E-state index is 11.9. The summed E-state index contributed by atoms with van der Waals surface area (Å²) in [5.41, 5.74) is 0.656. The maximum atomic E-state index is 11.9.